The minimum atomic E-state index is -4.08. The lowest BCUT2D eigenvalue weighted by Crippen LogP contribution is -2.47. The van der Waals surface area contributed by atoms with E-state index in [4.69, 9.17) is 16.3 Å². The third-order valence-corrected chi connectivity index (χ3v) is 6.79. The van der Waals surface area contributed by atoms with Crippen LogP contribution >= 0.6 is 11.6 Å². The molecule has 0 unspecified atom stereocenters. The number of hydrogen-bond donors (Lipinski definition) is 2. The largest absolute Gasteiger partial charge is 0.454 e. The molecule has 2 aromatic rings. The van der Waals surface area contributed by atoms with E-state index in [9.17, 15) is 27.2 Å². The van der Waals surface area contributed by atoms with Crippen LogP contribution in [0.4, 0.5) is 4.39 Å². The van der Waals surface area contributed by atoms with Crippen molar-refractivity contribution in [3.8, 4) is 0 Å². The molecule has 0 saturated carbocycles. The van der Waals surface area contributed by atoms with Crippen LogP contribution < -0.4 is 10.0 Å². The maximum Gasteiger partial charge on any atom is 0.324 e. The van der Waals surface area contributed by atoms with Crippen LogP contribution in [0.1, 0.15) is 26.3 Å². The number of carbonyl (C=O) groups is 3. The van der Waals surface area contributed by atoms with E-state index >= 15 is 0 Å². The fraction of sp³-hybridized carbons (Fsp3) is 0.375. The molecule has 0 bridgehead atoms. The fourth-order valence-corrected chi connectivity index (χ4v) is 4.68. The lowest BCUT2D eigenvalue weighted by Gasteiger charge is -2.23. The van der Waals surface area contributed by atoms with Crippen molar-refractivity contribution in [1.29, 1.82) is 0 Å². The number of halogens is 2. The number of nitrogens with zero attached hydrogens (tertiary/aromatic N) is 1. The van der Waals surface area contributed by atoms with E-state index in [1.807, 2.05) is 0 Å². The smallest absolute Gasteiger partial charge is 0.324 e. The molecule has 2 amide bonds. The maximum absolute atomic E-state index is 13.0. The molecule has 0 heterocycles. The molecule has 1 atom stereocenters. The molecule has 2 aromatic carbocycles. The van der Waals surface area contributed by atoms with Gasteiger partial charge in [-0.15, -0.1) is 0 Å². The zero-order valence-corrected chi connectivity index (χ0v) is 21.7. The van der Waals surface area contributed by atoms with Gasteiger partial charge < -0.3 is 15.0 Å². The van der Waals surface area contributed by atoms with E-state index in [-0.39, 0.29) is 35.4 Å². The Labute approximate surface area is 215 Å². The topological polar surface area (TPSA) is 122 Å². The van der Waals surface area contributed by atoms with Gasteiger partial charge in [-0.2, -0.15) is 4.72 Å². The van der Waals surface area contributed by atoms with Crippen molar-refractivity contribution in [3.63, 3.8) is 0 Å². The molecule has 0 aromatic heterocycles. The molecule has 0 aliphatic rings. The Bertz CT molecular complexity index is 1170. The fourth-order valence-electron chi connectivity index (χ4n) is 3.05. The SMILES string of the molecule is CCN(CC(=O)NCc1ccc(F)cc1)C(=O)COC(=O)[C@@H](NS(=O)(=O)c1cccc(Cl)c1)C(C)C. The van der Waals surface area contributed by atoms with Crippen molar-refractivity contribution >= 4 is 39.4 Å². The van der Waals surface area contributed by atoms with Crippen molar-refractivity contribution in [2.24, 2.45) is 5.92 Å². The first kappa shape index (κ1) is 29.2. The number of hydrogen-bond acceptors (Lipinski definition) is 6. The molecule has 0 spiro atoms. The molecule has 0 aliphatic heterocycles. The quantitative estimate of drug-likeness (QED) is 0.398. The third-order valence-electron chi connectivity index (χ3n) is 5.12. The van der Waals surface area contributed by atoms with E-state index in [0.29, 0.717) is 5.56 Å². The highest BCUT2D eigenvalue weighted by atomic mass is 35.5. The molecule has 196 valence electrons. The molecule has 0 radical (unpaired) electrons. The number of amides is 2. The molecule has 0 saturated heterocycles. The summed E-state index contributed by atoms with van der Waals surface area (Å²) in [7, 11) is -4.08. The van der Waals surface area contributed by atoms with E-state index in [2.05, 4.69) is 10.0 Å². The highest BCUT2D eigenvalue weighted by molar-refractivity contribution is 7.89. The molecule has 0 fully saturated rings. The minimum Gasteiger partial charge on any atom is -0.454 e. The van der Waals surface area contributed by atoms with E-state index in [0.717, 1.165) is 0 Å². The molecule has 12 heteroatoms. The Balaban J connectivity index is 1.92. The van der Waals surface area contributed by atoms with Crippen LogP contribution in [0.25, 0.3) is 0 Å². The Morgan fingerprint density at radius 3 is 2.36 bits per heavy atom. The molecular weight excluding hydrogens is 513 g/mol. The second kappa shape index (κ2) is 13.3. The highest BCUT2D eigenvalue weighted by Gasteiger charge is 2.30. The van der Waals surface area contributed by atoms with Gasteiger partial charge in [-0.3, -0.25) is 14.4 Å². The predicted molar refractivity (Wildman–Crippen MR) is 132 cm³/mol. The van der Waals surface area contributed by atoms with Gasteiger partial charge in [0.15, 0.2) is 6.61 Å². The molecule has 36 heavy (non-hydrogen) atoms. The van der Waals surface area contributed by atoms with E-state index in [1.165, 1.54) is 53.4 Å². The number of ether oxygens (including phenoxy) is 1. The number of esters is 1. The third kappa shape index (κ3) is 8.89. The Morgan fingerprint density at radius 2 is 1.78 bits per heavy atom. The summed E-state index contributed by atoms with van der Waals surface area (Å²) in [6, 6.07) is 9.92. The first-order chi connectivity index (χ1) is 16.9. The first-order valence-corrected chi connectivity index (χ1v) is 13.0. The summed E-state index contributed by atoms with van der Waals surface area (Å²) < 4.78 is 45.7. The zero-order chi connectivity index (χ0) is 26.9. The van der Waals surface area contributed by atoms with E-state index < -0.39 is 46.4 Å². The number of rotatable bonds is 12. The van der Waals surface area contributed by atoms with Gasteiger partial charge >= 0.3 is 5.97 Å². The van der Waals surface area contributed by atoms with Gasteiger partial charge in [0.1, 0.15) is 11.9 Å². The number of carbonyl (C=O) groups excluding carboxylic acids is 3. The number of nitrogens with one attached hydrogen (secondary N) is 2. The van der Waals surface area contributed by atoms with Crippen LogP contribution in [0.5, 0.6) is 0 Å². The minimum absolute atomic E-state index is 0.117. The Morgan fingerprint density at radius 1 is 1.11 bits per heavy atom. The summed E-state index contributed by atoms with van der Waals surface area (Å²) in [6.45, 7) is 4.29. The van der Waals surface area contributed by atoms with Gasteiger partial charge in [-0.05, 0) is 48.7 Å². The van der Waals surface area contributed by atoms with Gasteiger partial charge in [0.25, 0.3) is 5.91 Å². The van der Waals surface area contributed by atoms with Crippen LogP contribution in [0.15, 0.2) is 53.4 Å². The van der Waals surface area contributed by atoms with Crippen LogP contribution in [-0.4, -0.2) is 56.8 Å². The van der Waals surface area contributed by atoms with Crippen LogP contribution in [0, 0.1) is 11.7 Å². The summed E-state index contributed by atoms with van der Waals surface area (Å²) in [4.78, 5) is 38.5. The van der Waals surface area contributed by atoms with Crippen molar-refractivity contribution in [1.82, 2.24) is 14.9 Å². The first-order valence-electron chi connectivity index (χ1n) is 11.2. The second-order valence-electron chi connectivity index (χ2n) is 8.22. The predicted octanol–water partition coefficient (Wildman–Crippen LogP) is 2.49. The zero-order valence-electron chi connectivity index (χ0n) is 20.2. The van der Waals surface area contributed by atoms with Crippen molar-refractivity contribution in [2.45, 2.75) is 38.3 Å². The van der Waals surface area contributed by atoms with Gasteiger partial charge in [-0.1, -0.05) is 43.6 Å². The van der Waals surface area contributed by atoms with Gasteiger partial charge in [0.2, 0.25) is 15.9 Å². The molecule has 2 N–H and O–H groups in total. The standard InChI is InChI=1S/C24H29ClFN3O6S/c1-4-29(14-21(30)27-13-17-8-10-19(26)11-9-17)22(31)15-35-24(32)23(16(2)3)28-36(33,34)20-7-5-6-18(25)12-20/h5-12,16,23,28H,4,13-15H2,1-3H3,(H,27,30)/t23-/m0/s1. The normalized spacial score (nSPS) is 12.2. The van der Waals surface area contributed by atoms with Crippen molar-refractivity contribution in [2.75, 3.05) is 19.7 Å². The summed E-state index contributed by atoms with van der Waals surface area (Å²) in [5.41, 5.74) is 0.688. The Kier molecular flexibility index (Phi) is 10.8. The van der Waals surface area contributed by atoms with Gasteiger partial charge in [0, 0.05) is 18.1 Å². The summed E-state index contributed by atoms with van der Waals surface area (Å²) >= 11 is 5.86. The average Bonchev–Trinajstić information content (AvgIpc) is 2.83. The molecule has 2 rings (SSSR count). The summed E-state index contributed by atoms with van der Waals surface area (Å²) in [5.74, 6) is -2.88. The molecule has 0 aliphatic carbocycles. The highest BCUT2D eigenvalue weighted by Crippen LogP contribution is 2.17. The molecule has 9 nitrogen and oxygen atoms in total. The lowest BCUT2D eigenvalue weighted by atomic mass is 10.1. The Hall–Kier alpha value is -3.02. The van der Waals surface area contributed by atoms with Crippen LogP contribution in [0.3, 0.4) is 0 Å². The average molecular weight is 542 g/mol. The van der Waals surface area contributed by atoms with Crippen molar-refractivity contribution < 1.29 is 31.9 Å². The molecular formula is C24H29ClFN3O6S. The number of benzene rings is 2. The van der Waals surface area contributed by atoms with Gasteiger partial charge in [0.05, 0.1) is 11.4 Å². The number of sulfonamides is 1. The van der Waals surface area contributed by atoms with Gasteiger partial charge in [-0.25, -0.2) is 12.8 Å². The number of likely N-dealkylation sites (N-methyl/N-ethyl adjacent to an activating group) is 1. The lowest BCUT2D eigenvalue weighted by molar-refractivity contribution is -0.154. The monoisotopic (exact) mass is 541 g/mol. The van der Waals surface area contributed by atoms with Crippen LogP contribution in [0.2, 0.25) is 5.02 Å². The van der Waals surface area contributed by atoms with Crippen molar-refractivity contribution in [3.05, 3.63) is 64.9 Å². The summed E-state index contributed by atoms with van der Waals surface area (Å²) in [6.07, 6.45) is 0. The van der Waals surface area contributed by atoms with E-state index in [1.54, 1.807) is 20.8 Å². The maximum atomic E-state index is 13.0. The summed E-state index contributed by atoms with van der Waals surface area (Å²) in [5, 5.41) is 2.85. The van der Waals surface area contributed by atoms with Crippen LogP contribution in [-0.2, 0) is 35.7 Å². The second-order valence-corrected chi connectivity index (χ2v) is 10.4.